The van der Waals surface area contributed by atoms with E-state index in [0.717, 1.165) is 24.0 Å². The van der Waals surface area contributed by atoms with Crippen molar-refractivity contribution in [2.24, 2.45) is 0 Å². The van der Waals surface area contributed by atoms with Crippen molar-refractivity contribution in [1.82, 2.24) is 9.97 Å². The first-order valence-electron chi connectivity index (χ1n) is 9.63. The Morgan fingerprint density at radius 1 is 1.07 bits per heavy atom. The number of hydrogen-bond acceptors (Lipinski definition) is 3. The fourth-order valence-electron chi connectivity index (χ4n) is 2.93. The van der Waals surface area contributed by atoms with Crippen LogP contribution in [-0.4, -0.2) is 15.9 Å². The number of benzene rings is 2. The van der Waals surface area contributed by atoms with Crippen molar-refractivity contribution in [2.75, 3.05) is 5.32 Å². The van der Waals surface area contributed by atoms with E-state index >= 15 is 0 Å². The molecule has 0 saturated heterocycles. The van der Waals surface area contributed by atoms with Crippen molar-refractivity contribution in [3.8, 4) is 11.3 Å². The third-order valence-corrected chi connectivity index (χ3v) is 4.33. The molecule has 148 valence electrons. The van der Waals surface area contributed by atoms with Crippen LogP contribution in [0.25, 0.3) is 17.3 Å². The van der Waals surface area contributed by atoms with Gasteiger partial charge in [-0.05, 0) is 62.6 Å². The van der Waals surface area contributed by atoms with E-state index in [-0.39, 0.29) is 11.7 Å². The number of anilines is 1. The minimum Gasteiger partial charge on any atom is -0.309 e. The van der Waals surface area contributed by atoms with Gasteiger partial charge in [0.05, 0.1) is 11.9 Å². The van der Waals surface area contributed by atoms with Gasteiger partial charge in [-0.2, -0.15) is 0 Å². The third-order valence-electron chi connectivity index (χ3n) is 4.33. The molecule has 0 saturated carbocycles. The zero-order chi connectivity index (χ0) is 20.6. The van der Waals surface area contributed by atoms with Crippen molar-refractivity contribution in [2.45, 2.75) is 33.1 Å². The number of rotatable bonds is 7. The van der Waals surface area contributed by atoms with Crippen LogP contribution in [0, 0.1) is 5.82 Å². The van der Waals surface area contributed by atoms with E-state index in [1.54, 1.807) is 18.3 Å². The van der Waals surface area contributed by atoms with Gasteiger partial charge in [0.1, 0.15) is 11.5 Å². The van der Waals surface area contributed by atoms with Gasteiger partial charge in [0.25, 0.3) is 0 Å². The molecule has 0 fully saturated rings. The van der Waals surface area contributed by atoms with Gasteiger partial charge in [0, 0.05) is 12.0 Å². The molecular formula is C24H24FN3O. The van der Waals surface area contributed by atoms with Crippen molar-refractivity contribution >= 4 is 17.8 Å². The summed E-state index contributed by atoms with van der Waals surface area (Å²) in [5.74, 6) is 0.0422. The summed E-state index contributed by atoms with van der Waals surface area (Å²) in [4.78, 5) is 21.4. The Bertz CT molecular complexity index is 994. The molecule has 0 aliphatic rings. The number of aromatic nitrogens is 2. The maximum absolute atomic E-state index is 13.2. The van der Waals surface area contributed by atoms with Gasteiger partial charge in [0.2, 0.25) is 5.91 Å². The summed E-state index contributed by atoms with van der Waals surface area (Å²) >= 11 is 0. The molecule has 0 bridgehead atoms. The topological polar surface area (TPSA) is 54.9 Å². The van der Waals surface area contributed by atoms with Crippen molar-refractivity contribution in [3.63, 3.8) is 0 Å². The molecule has 0 atom stereocenters. The van der Waals surface area contributed by atoms with E-state index in [2.05, 4.69) is 27.4 Å². The van der Waals surface area contributed by atoms with Crippen LogP contribution < -0.4 is 5.32 Å². The van der Waals surface area contributed by atoms with Gasteiger partial charge in [-0.1, -0.05) is 35.9 Å². The Labute approximate surface area is 170 Å². The average Bonchev–Trinajstić information content (AvgIpc) is 2.70. The van der Waals surface area contributed by atoms with Gasteiger partial charge in [-0.25, -0.2) is 14.4 Å². The molecule has 0 aliphatic carbocycles. The highest BCUT2D eigenvalue weighted by Crippen LogP contribution is 2.22. The Morgan fingerprint density at radius 2 is 1.79 bits per heavy atom. The Kier molecular flexibility index (Phi) is 6.85. The predicted octanol–water partition coefficient (Wildman–Crippen LogP) is 5.67. The number of halogens is 1. The minimum atomic E-state index is -0.300. The van der Waals surface area contributed by atoms with E-state index in [1.807, 2.05) is 38.1 Å². The summed E-state index contributed by atoms with van der Waals surface area (Å²) in [6.07, 6.45) is 5.48. The molecule has 0 unspecified atom stereocenters. The second-order valence-corrected chi connectivity index (χ2v) is 7.10. The van der Waals surface area contributed by atoms with Crippen LogP contribution in [0.3, 0.4) is 0 Å². The minimum absolute atomic E-state index is 0.0897. The fraction of sp³-hybridized carbons (Fsp3) is 0.208. The molecule has 1 aromatic heterocycles. The lowest BCUT2D eigenvalue weighted by Gasteiger charge is -2.10. The first-order valence-corrected chi connectivity index (χ1v) is 9.63. The quantitative estimate of drug-likeness (QED) is 0.567. The molecular weight excluding hydrogens is 365 g/mol. The van der Waals surface area contributed by atoms with Gasteiger partial charge >= 0.3 is 0 Å². The molecule has 1 amide bonds. The summed E-state index contributed by atoms with van der Waals surface area (Å²) in [7, 11) is 0. The Morgan fingerprint density at radius 3 is 2.48 bits per heavy atom. The zero-order valence-electron chi connectivity index (χ0n) is 16.7. The Balaban J connectivity index is 1.71. The number of nitrogens with one attached hydrogen (secondary N) is 1. The van der Waals surface area contributed by atoms with Crippen LogP contribution in [-0.2, 0) is 11.2 Å². The monoisotopic (exact) mass is 389 g/mol. The molecule has 29 heavy (non-hydrogen) atoms. The van der Waals surface area contributed by atoms with Crippen molar-refractivity contribution in [3.05, 3.63) is 83.4 Å². The number of carbonyl (C=O) groups is 1. The van der Waals surface area contributed by atoms with Gasteiger partial charge < -0.3 is 5.32 Å². The highest BCUT2D eigenvalue weighted by molar-refractivity contribution is 5.91. The fourth-order valence-corrected chi connectivity index (χ4v) is 2.93. The van der Waals surface area contributed by atoms with Crippen LogP contribution in [0.1, 0.15) is 37.9 Å². The summed E-state index contributed by atoms with van der Waals surface area (Å²) < 4.78 is 13.2. The maximum atomic E-state index is 13.2. The van der Waals surface area contributed by atoms with E-state index in [4.69, 9.17) is 0 Å². The first kappa shape index (κ1) is 20.4. The molecule has 1 heterocycles. The number of allylic oxidation sites excluding steroid dienone is 1. The van der Waals surface area contributed by atoms with E-state index in [0.29, 0.717) is 23.6 Å². The molecule has 0 radical (unpaired) electrons. The van der Waals surface area contributed by atoms with E-state index < -0.39 is 0 Å². The SMILES string of the molecule is CC(C)=Cc1nc(-c2ccc(F)cc2)cnc1NC(=O)CCCc1ccccc1. The molecule has 0 aliphatic heterocycles. The lowest BCUT2D eigenvalue weighted by atomic mass is 10.1. The summed E-state index contributed by atoms with van der Waals surface area (Å²) in [5, 5.41) is 2.87. The first-order chi connectivity index (χ1) is 14.0. The number of hydrogen-bond donors (Lipinski definition) is 1. The molecule has 4 nitrogen and oxygen atoms in total. The maximum Gasteiger partial charge on any atom is 0.225 e. The highest BCUT2D eigenvalue weighted by Gasteiger charge is 2.11. The largest absolute Gasteiger partial charge is 0.309 e. The number of nitrogens with zero attached hydrogens (tertiary/aromatic N) is 2. The number of amides is 1. The van der Waals surface area contributed by atoms with Crippen LogP contribution >= 0.6 is 0 Å². The summed E-state index contributed by atoms with van der Waals surface area (Å²) in [6.45, 7) is 3.91. The molecule has 2 aromatic carbocycles. The third kappa shape index (κ3) is 6.07. The lowest BCUT2D eigenvalue weighted by molar-refractivity contribution is -0.116. The van der Waals surface area contributed by atoms with Crippen LogP contribution in [0.4, 0.5) is 10.2 Å². The highest BCUT2D eigenvalue weighted by atomic mass is 19.1. The Hall–Kier alpha value is -3.34. The zero-order valence-corrected chi connectivity index (χ0v) is 16.7. The van der Waals surface area contributed by atoms with Crippen LogP contribution in [0.15, 0.2) is 66.4 Å². The van der Waals surface area contributed by atoms with E-state index in [9.17, 15) is 9.18 Å². The average molecular weight is 389 g/mol. The summed E-state index contributed by atoms with van der Waals surface area (Å²) in [5.41, 5.74) is 4.23. The number of aryl methyl sites for hydroxylation is 1. The lowest BCUT2D eigenvalue weighted by Crippen LogP contribution is -2.14. The van der Waals surface area contributed by atoms with Gasteiger partial charge in [-0.15, -0.1) is 0 Å². The summed E-state index contributed by atoms with van der Waals surface area (Å²) in [6, 6.07) is 16.2. The predicted molar refractivity (Wildman–Crippen MR) is 115 cm³/mol. The molecule has 0 spiro atoms. The van der Waals surface area contributed by atoms with Crippen molar-refractivity contribution < 1.29 is 9.18 Å². The molecule has 1 N–H and O–H groups in total. The van der Waals surface area contributed by atoms with Crippen LogP contribution in [0.2, 0.25) is 0 Å². The van der Waals surface area contributed by atoms with Gasteiger partial charge in [-0.3, -0.25) is 4.79 Å². The molecule has 3 aromatic rings. The number of carbonyl (C=O) groups excluding carboxylic acids is 1. The van der Waals surface area contributed by atoms with Gasteiger partial charge in [0.15, 0.2) is 5.82 Å². The van der Waals surface area contributed by atoms with Crippen molar-refractivity contribution in [1.29, 1.82) is 0 Å². The molecule has 3 rings (SSSR count). The van der Waals surface area contributed by atoms with E-state index in [1.165, 1.54) is 17.7 Å². The smallest absolute Gasteiger partial charge is 0.225 e. The molecule has 5 heteroatoms. The second kappa shape index (κ2) is 9.73. The standard InChI is InChI=1S/C24H24FN3O/c1-17(2)15-21-24(26-16-22(27-21)19-11-13-20(25)14-12-19)28-23(29)10-6-9-18-7-4-3-5-8-18/h3-5,7-8,11-16H,6,9-10H2,1-2H3,(H,26,28,29). The van der Waals surface area contributed by atoms with Crippen LogP contribution in [0.5, 0.6) is 0 Å². The normalized spacial score (nSPS) is 10.4. The second-order valence-electron chi connectivity index (χ2n) is 7.10.